The number of rotatable bonds is 2. The lowest BCUT2D eigenvalue weighted by atomic mass is 10.1. The van der Waals surface area contributed by atoms with Crippen molar-refractivity contribution in [1.82, 2.24) is 0 Å². The van der Waals surface area contributed by atoms with Crippen molar-refractivity contribution in [1.29, 1.82) is 0 Å². The van der Waals surface area contributed by atoms with Crippen LogP contribution < -0.4 is 0 Å². The fourth-order valence-corrected chi connectivity index (χ4v) is 0.980. The number of hydrogen-bond donors (Lipinski definition) is 0. The van der Waals surface area contributed by atoms with Gasteiger partial charge in [0.2, 0.25) is 0 Å². The Morgan fingerprint density at radius 2 is 1.67 bits per heavy atom. The molecule has 0 bridgehead atoms. The largest absolute Gasteiger partial charge is 0.291 e. The number of carbonyl (C=O) groups excluding carboxylic acids is 1. The van der Waals surface area contributed by atoms with Gasteiger partial charge in [-0.2, -0.15) is 0 Å². The Labute approximate surface area is 87.1 Å². The molecule has 1 rings (SSSR count). The number of alkyl halides is 2. The van der Waals surface area contributed by atoms with Gasteiger partial charge in [-0.25, -0.2) is 0 Å². The Hall–Kier alpha value is -0.240. The number of ketones is 1. The lowest BCUT2D eigenvalue weighted by Crippen LogP contribution is -2.07. The predicted molar refractivity (Wildman–Crippen MR) is 53.5 cm³/mol. The molecule has 0 saturated heterocycles. The summed E-state index contributed by atoms with van der Waals surface area (Å²) in [5.41, 5.74) is 0.544. The molecule has 1 aromatic carbocycles. The molecule has 0 aliphatic carbocycles. The standard InChI is InChI=1S/C8H6Cl2O.ClH/c9-8(10)7(11)6-4-2-1-3-5-6;/h1-5,8H;1H. The van der Waals surface area contributed by atoms with Gasteiger partial charge in [0.15, 0.2) is 10.6 Å². The predicted octanol–water partition coefficient (Wildman–Crippen LogP) is 3.09. The van der Waals surface area contributed by atoms with Crippen molar-refractivity contribution in [2.45, 2.75) is 4.84 Å². The number of carbonyl (C=O) groups is 1. The molecule has 0 aliphatic heterocycles. The first-order chi connectivity index (χ1) is 5.22. The molecule has 0 spiro atoms. The van der Waals surface area contributed by atoms with Gasteiger partial charge in [0.05, 0.1) is 0 Å². The summed E-state index contributed by atoms with van der Waals surface area (Å²) in [6.07, 6.45) is 0. The zero-order valence-electron chi connectivity index (χ0n) is 6.04. The summed E-state index contributed by atoms with van der Waals surface area (Å²) >= 11 is 10.8. The SMILES string of the molecule is Cl.O=C(c1ccccc1)C(Cl)Cl. The molecule has 0 N–H and O–H groups in total. The van der Waals surface area contributed by atoms with Crippen molar-refractivity contribution in [3.63, 3.8) is 0 Å². The minimum atomic E-state index is -0.961. The van der Waals surface area contributed by atoms with E-state index in [9.17, 15) is 4.79 Å². The maximum absolute atomic E-state index is 11.1. The fourth-order valence-electron chi connectivity index (χ4n) is 0.728. The molecular weight excluding hydrogens is 218 g/mol. The van der Waals surface area contributed by atoms with Crippen LogP contribution >= 0.6 is 35.6 Å². The molecule has 12 heavy (non-hydrogen) atoms. The third kappa shape index (κ3) is 3.02. The molecule has 0 aliphatic rings. The van der Waals surface area contributed by atoms with Gasteiger partial charge in [0.1, 0.15) is 0 Å². The van der Waals surface area contributed by atoms with Gasteiger partial charge in [-0.05, 0) is 0 Å². The maximum atomic E-state index is 11.1. The second-order valence-corrected chi connectivity index (χ2v) is 3.13. The molecule has 0 unspecified atom stereocenters. The van der Waals surface area contributed by atoms with Gasteiger partial charge in [-0.3, -0.25) is 4.79 Å². The van der Waals surface area contributed by atoms with E-state index in [1.807, 2.05) is 6.07 Å². The van der Waals surface area contributed by atoms with Crippen molar-refractivity contribution < 1.29 is 4.79 Å². The molecule has 0 saturated carbocycles. The van der Waals surface area contributed by atoms with Crippen LogP contribution in [0.4, 0.5) is 0 Å². The highest BCUT2D eigenvalue weighted by atomic mass is 35.5. The smallest absolute Gasteiger partial charge is 0.195 e. The van der Waals surface area contributed by atoms with Crippen molar-refractivity contribution in [3.8, 4) is 0 Å². The minimum Gasteiger partial charge on any atom is -0.291 e. The van der Waals surface area contributed by atoms with Crippen LogP contribution in [0.15, 0.2) is 30.3 Å². The van der Waals surface area contributed by atoms with E-state index in [2.05, 4.69) is 0 Å². The van der Waals surface area contributed by atoms with Crippen LogP contribution in [0, 0.1) is 0 Å². The van der Waals surface area contributed by atoms with Crippen LogP contribution in [-0.2, 0) is 0 Å². The molecule has 0 heterocycles. The van der Waals surface area contributed by atoms with E-state index in [0.717, 1.165) is 0 Å². The number of halogens is 3. The van der Waals surface area contributed by atoms with E-state index >= 15 is 0 Å². The summed E-state index contributed by atoms with van der Waals surface area (Å²) in [5.74, 6) is -0.256. The first-order valence-electron chi connectivity index (χ1n) is 3.09. The topological polar surface area (TPSA) is 17.1 Å². The molecule has 1 nitrogen and oxygen atoms in total. The number of Topliss-reactive ketones (excluding diaryl/α,β-unsaturated/α-hetero) is 1. The quantitative estimate of drug-likeness (QED) is 0.558. The molecule has 0 fully saturated rings. The van der Waals surface area contributed by atoms with Crippen molar-refractivity contribution in [2.24, 2.45) is 0 Å². The Balaban J connectivity index is 0.00000121. The van der Waals surface area contributed by atoms with Gasteiger partial charge in [-0.15, -0.1) is 12.4 Å². The average Bonchev–Trinajstić information content (AvgIpc) is 2.05. The minimum absolute atomic E-state index is 0. The highest BCUT2D eigenvalue weighted by molar-refractivity contribution is 6.55. The Bertz CT molecular complexity index is 246. The van der Waals surface area contributed by atoms with Crippen LogP contribution in [0.25, 0.3) is 0 Å². The van der Waals surface area contributed by atoms with E-state index in [0.29, 0.717) is 5.56 Å². The molecule has 0 aromatic heterocycles. The zero-order valence-corrected chi connectivity index (χ0v) is 8.36. The second-order valence-electron chi connectivity index (χ2n) is 2.03. The van der Waals surface area contributed by atoms with E-state index < -0.39 is 4.84 Å². The normalized spacial score (nSPS) is 9.25. The fraction of sp³-hybridized carbons (Fsp3) is 0.125. The van der Waals surface area contributed by atoms with Gasteiger partial charge in [0.25, 0.3) is 0 Å². The molecular formula is C8H7Cl3O. The second kappa shape index (κ2) is 5.41. The zero-order chi connectivity index (χ0) is 8.27. The lowest BCUT2D eigenvalue weighted by Gasteiger charge is -1.98. The first-order valence-corrected chi connectivity index (χ1v) is 3.96. The van der Waals surface area contributed by atoms with Crippen molar-refractivity contribution in [2.75, 3.05) is 0 Å². The van der Waals surface area contributed by atoms with Gasteiger partial charge >= 0.3 is 0 Å². The molecule has 0 amide bonds. The monoisotopic (exact) mass is 224 g/mol. The average molecular weight is 226 g/mol. The van der Waals surface area contributed by atoms with E-state index in [1.165, 1.54) is 0 Å². The third-order valence-electron chi connectivity index (χ3n) is 1.26. The molecule has 1 aromatic rings. The summed E-state index contributed by atoms with van der Waals surface area (Å²) in [7, 11) is 0. The van der Waals surface area contributed by atoms with E-state index in [-0.39, 0.29) is 18.2 Å². The van der Waals surface area contributed by atoms with E-state index in [1.54, 1.807) is 24.3 Å². The van der Waals surface area contributed by atoms with Crippen molar-refractivity contribution in [3.05, 3.63) is 35.9 Å². The Kier molecular flexibility index (Phi) is 5.31. The molecule has 0 radical (unpaired) electrons. The highest BCUT2D eigenvalue weighted by Gasteiger charge is 2.12. The summed E-state index contributed by atoms with van der Waals surface area (Å²) in [5, 5.41) is 0. The lowest BCUT2D eigenvalue weighted by molar-refractivity contribution is 0.101. The number of hydrogen-bond acceptors (Lipinski definition) is 1. The van der Waals surface area contributed by atoms with Crippen LogP contribution in [0.3, 0.4) is 0 Å². The summed E-state index contributed by atoms with van der Waals surface area (Å²) in [6.45, 7) is 0. The van der Waals surface area contributed by atoms with E-state index in [4.69, 9.17) is 23.2 Å². The van der Waals surface area contributed by atoms with Crippen LogP contribution in [0.2, 0.25) is 0 Å². The Morgan fingerprint density at radius 3 is 2.08 bits per heavy atom. The third-order valence-corrected chi connectivity index (χ3v) is 1.65. The summed E-state index contributed by atoms with van der Waals surface area (Å²) < 4.78 is 0. The number of benzene rings is 1. The van der Waals surface area contributed by atoms with Crippen LogP contribution in [0.1, 0.15) is 10.4 Å². The molecule has 66 valence electrons. The molecule has 0 atom stereocenters. The summed E-state index contributed by atoms with van der Waals surface area (Å²) in [4.78, 5) is 10.1. The van der Waals surface area contributed by atoms with Crippen LogP contribution in [-0.4, -0.2) is 10.6 Å². The highest BCUT2D eigenvalue weighted by Crippen LogP contribution is 2.10. The van der Waals surface area contributed by atoms with Gasteiger partial charge < -0.3 is 0 Å². The van der Waals surface area contributed by atoms with Crippen molar-refractivity contribution >= 4 is 41.4 Å². The van der Waals surface area contributed by atoms with Crippen LogP contribution in [0.5, 0.6) is 0 Å². The Morgan fingerprint density at radius 1 is 1.17 bits per heavy atom. The maximum Gasteiger partial charge on any atom is 0.195 e. The first kappa shape index (κ1) is 11.8. The summed E-state index contributed by atoms with van der Waals surface area (Å²) in [6, 6.07) is 8.72. The van der Waals surface area contributed by atoms with Gasteiger partial charge in [0, 0.05) is 5.56 Å². The van der Waals surface area contributed by atoms with Gasteiger partial charge in [-0.1, -0.05) is 53.5 Å². The molecule has 4 heteroatoms.